The summed E-state index contributed by atoms with van der Waals surface area (Å²) in [7, 11) is 0. The third kappa shape index (κ3) is 3.58. The van der Waals surface area contributed by atoms with Crippen LogP contribution >= 0.6 is 0 Å². The lowest BCUT2D eigenvalue weighted by Gasteiger charge is -2.13. The second kappa shape index (κ2) is 7.00. The minimum Gasteiger partial charge on any atom is -0.467 e. The zero-order valence-electron chi connectivity index (χ0n) is 13.5. The van der Waals surface area contributed by atoms with E-state index in [0.717, 1.165) is 0 Å². The van der Waals surface area contributed by atoms with Gasteiger partial charge < -0.3 is 9.73 Å². The molecule has 126 valence electrons. The van der Waals surface area contributed by atoms with Gasteiger partial charge in [-0.15, -0.1) is 0 Å². The second-order valence-electron chi connectivity index (χ2n) is 5.57. The molecule has 0 fully saturated rings. The molecule has 1 aromatic heterocycles. The first-order valence-corrected chi connectivity index (χ1v) is 7.74. The van der Waals surface area contributed by atoms with Crippen molar-refractivity contribution >= 4 is 17.2 Å². The molecule has 0 saturated carbocycles. The van der Waals surface area contributed by atoms with Gasteiger partial charge in [0.1, 0.15) is 11.4 Å². The van der Waals surface area contributed by atoms with Crippen LogP contribution in [0.2, 0.25) is 0 Å². The summed E-state index contributed by atoms with van der Waals surface area (Å²) in [5.74, 6) is 0.410. The fourth-order valence-electron chi connectivity index (χ4n) is 2.54. The molecule has 1 heterocycles. The van der Waals surface area contributed by atoms with Crippen LogP contribution in [0.15, 0.2) is 71.3 Å². The highest BCUT2D eigenvalue weighted by Gasteiger charge is 2.20. The normalized spacial score (nSPS) is 11.7. The molecule has 3 rings (SSSR count). The summed E-state index contributed by atoms with van der Waals surface area (Å²) < 4.78 is 5.30. The van der Waals surface area contributed by atoms with Crippen LogP contribution in [-0.2, 0) is 0 Å². The number of carbonyl (C=O) groups is 1. The van der Waals surface area contributed by atoms with Gasteiger partial charge >= 0.3 is 0 Å². The molecule has 0 aliphatic heterocycles. The van der Waals surface area contributed by atoms with E-state index in [1.807, 2.05) is 13.0 Å². The summed E-state index contributed by atoms with van der Waals surface area (Å²) in [4.78, 5) is 23.4. The predicted molar refractivity (Wildman–Crippen MR) is 93.7 cm³/mol. The number of nitrogens with one attached hydrogen (secondary N) is 1. The van der Waals surface area contributed by atoms with Crippen LogP contribution in [-0.4, -0.2) is 10.7 Å². The molecule has 1 atom stereocenters. The Morgan fingerprint density at radius 2 is 1.84 bits per heavy atom. The van der Waals surface area contributed by atoms with Gasteiger partial charge in [0, 0.05) is 17.2 Å². The molecule has 0 saturated heterocycles. The van der Waals surface area contributed by atoms with E-state index in [9.17, 15) is 14.9 Å². The van der Waals surface area contributed by atoms with E-state index in [2.05, 4.69) is 5.32 Å². The average molecular weight is 336 g/mol. The lowest BCUT2D eigenvalue weighted by molar-refractivity contribution is -0.384. The number of benzene rings is 2. The van der Waals surface area contributed by atoms with Gasteiger partial charge in [-0.05, 0) is 31.2 Å². The van der Waals surface area contributed by atoms with Gasteiger partial charge in [-0.3, -0.25) is 14.9 Å². The quantitative estimate of drug-likeness (QED) is 0.404. The summed E-state index contributed by atoms with van der Waals surface area (Å²) in [6.45, 7) is 1.84. The molecular weight excluding hydrogens is 320 g/mol. The molecule has 0 aliphatic rings. The van der Waals surface area contributed by atoms with Crippen molar-refractivity contribution in [3.05, 3.63) is 93.9 Å². The fraction of sp³-hybridized carbons (Fsp3) is 0.105. The monoisotopic (exact) mass is 336 g/mol. The van der Waals surface area contributed by atoms with Crippen molar-refractivity contribution in [1.29, 1.82) is 0 Å². The number of rotatable bonds is 6. The number of carbonyl (C=O) groups excluding carboxylic acids is 1. The van der Waals surface area contributed by atoms with Crippen LogP contribution in [0.1, 0.15) is 34.6 Å². The van der Waals surface area contributed by atoms with Crippen molar-refractivity contribution in [1.82, 2.24) is 0 Å². The van der Waals surface area contributed by atoms with Gasteiger partial charge in [0.2, 0.25) is 0 Å². The number of furan rings is 1. The summed E-state index contributed by atoms with van der Waals surface area (Å²) in [6, 6.07) is 16.4. The number of hydrogen-bond donors (Lipinski definition) is 1. The van der Waals surface area contributed by atoms with Crippen molar-refractivity contribution in [2.24, 2.45) is 0 Å². The lowest BCUT2D eigenvalue weighted by atomic mass is 10.0. The minimum atomic E-state index is -0.501. The van der Waals surface area contributed by atoms with Crippen molar-refractivity contribution < 1.29 is 14.1 Å². The minimum absolute atomic E-state index is 0.153. The Hall–Kier alpha value is -3.41. The van der Waals surface area contributed by atoms with Gasteiger partial charge in [0.15, 0.2) is 5.78 Å². The Balaban J connectivity index is 1.91. The Morgan fingerprint density at radius 1 is 1.08 bits per heavy atom. The maximum atomic E-state index is 12.5. The first kappa shape index (κ1) is 16.4. The summed E-state index contributed by atoms with van der Waals surface area (Å²) >= 11 is 0. The number of anilines is 1. The molecule has 2 aromatic carbocycles. The highest BCUT2D eigenvalue weighted by molar-refractivity contribution is 6.09. The fourth-order valence-corrected chi connectivity index (χ4v) is 2.54. The molecule has 0 amide bonds. The van der Waals surface area contributed by atoms with Crippen LogP contribution in [0.4, 0.5) is 11.4 Å². The van der Waals surface area contributed by atoms with E-state index in [1.54, 1.807) is 54.8 Å². The summed E-state index contributed by atoms with van der Waals surface area (Å²) in [5.41, 5.74) is 0.939. The molecule has 1 N–H and O–H groups in total. The molecule has 0 unspecified atom stereocenters. The Morgan fingerprint density at radius 3 is 2.48 bits per heavy atom. The molecule has 0 bridgehead atoms. The maximum Gasteiger partial charge on any atom is 0.293 e. The summed E-state index contributed by atoms with van der Waals surface area (Å²) in [6.07, 6.45) is 1.55. The molecule has 6 nitrogen and oxygen atoms in total. The van der Waals surface area contributed by atoms with Crippen LogP contribution < -0.4 is 5.32 Å². The lowest BCUT2D eigenvalue weighted by Crippen LogP contribution is -2.09. The van der Waals surface area contributed by atoms with E-state index in [1.165, 1.54) is 6.07 Å². The van der Waals surface area contributed by atoms with Crippen LogP contribution in [0.25, 0.3) is 0 Å². The van der Waals surface area contributed by atoms with Crippen molar-refractivity contribution in [2.75, 3.05) is 5.32 Å². The molecule has 0 aliphatic carbocycles. The topological polar surface area (TPSA) is 85.4 Å². The standard InChI is InChI=1S/C19H16N2O4/c1-13(18-8-5-11-25-18)20-16-10-9-15(12-17(16)21(23)24)19(22)14-6-3-2-4-7-14/h2-13,20H,1H3/t13-/m1/s1. The SMILES string of the molecule is C[C@@H](Nc1ccc(C(=O)c2ccccc2)cc1[N+](=O)[O-])c1ccco1. The van der Waals surface area contributed by atoms with Crippen molar-refractivity contribution in [3.8, 4) is 0 Å². The third-order valence-electron chi connectivity index (χ3n) is 3.83. The van der Waals surface area contributed by atoms with E-state index >= 15 is 0 Å². The van der Waals surface area contributed by atoms with Gasteiger partial charge in [-0.1, -0.05) is 30.3 Å². The van der Waals surface area contributed by atoms with Gasteiger partial charge in [0.05, 0.1) is 17.2 Å². The zero-order chi connectivity index (χ0) is 17.8. The van der Waals surface area contributed by atoms with E-state index in [4.69, 9.17) is 4.42 Å². The number of nitro groups is 1. The van der Waals surface area contributed by atoms with Gasteiger partial charge in [0.25, 0.3) is 5.69 Å². The van der Waals surface area contributed by atoms with E-state index < -0.39 is 4.92 Å². The third-order valence-corrected chi connectivity index (χ3v) is 3.83. The van der Waals surface area contributed by atoms with Crippen molar-refractivity contribution in [3.63, 3.8) is 0 Å². The molecule has 6 heteroatoms. The Labute approximate surface area is 144 Å². The largest absolute Gasteiger partial charge is 0.467 e. The molecule has 0 spiro atoms. The van der Waals surface area contributed by atoms with Crippen LogP contribution in [0.3, 0.4) is 0 Å². The van der Waals surface area contributed by atoms with E-state index in [0.29, 0.717) is 17.0 Å². The predicted octanol–water partition coefficient (Wildman–Crippen LogP) is 4.59. The average Bonchev–Trinajstić information content (AvgIpc) is 3.17. The Bertz CT molecular complexity index is 889. The Kier molecular flexibility index (Phi) is 4.61. The highest BCUT2D eigenvalue weighted by atomic mass is 16.6. The second-order valence-corrected chi connectivity index (χ2v) is 5.57. The van der Waals surface area contributed by atoms with Gasteiger partial charge in [-0.2, -0.15) is 0 Å². The number of nitrogens with zero attached hydrogens (tertiary/aromatic N) is 1. The number of hydrogen-bond acceptors (Lipinski definition) is 5. The smallest absolute Gasteiger partial charge is 0.293 e. The first-order chi connectivity index (χ1) is 12.1. The van der Waals surface area contributed by atoms with Gasteiger partial charge in [-0.25, -0.2) is 0 Å². The van der Waals surface area contributed by atoms with Crippen molar-refractivity contribution in [2.45, 2.75) is 13.0 Å². The maximum absolute atomic E-state index is 12.5. The number of nitro benzene ring substituents is 1. The number of ketones is 1. The van der Waals surface area contributed by atoms with Crippen LogP contribution in [0, 0.1) is 10.1 Å². The zero-order valence-corrected chi connectivity index (χ0v) is 13.5. The molecule has 25 heavy (non-hydrogen) atoms. The van der Waals surface area contributed by atoms with E-state index in [-0.39, 0.29) is 23.1 Å². The first-order valence-electron chi connectivity index (χ1n) is 7.74. The summed E-state index contributed by atoms with van der Waals surface area (Å²) in [5, 5.41) is 14.5. The van der Waals surface area contributed by atoms with Crippen LogP contribution in [0.5, 0.6) is 0 Å². The molecular formula is C19H16N2O4. The molecule has 0 radical (unpaired) electrons. The molecule has 3 aromatic rings. The highest BCUT2D eigenvalue weighted by Crippen LogP contribution is 2.30.